The summed E-state index contributed by atoms with van der Waals surface area (Å²) in [5, 5.41) is 2.94. The average Bonchev–Trinajstić information content (AvgIpc) is 2.69. The second-order valence-corrected chi connectivity index (χ2v) is 6.81. The first-order chi connectivity index (χ1) is 13.1. The van der Waals surface area contributed by atoms with E-state index < -0.39 is 0 Å². The Morgan fingerprint density at radius 1 is 1.15 bits per heavy atom. The van der Waals surface area contributed by atoms with Crippen LogP contribution in [-0.4, -0.2) is 29.8 Å². The summed E-state index contributed by atoms with van der Waals surface area (Å²) >= 11 is 0. The van der Waals surface area contributed by atoms with Crippen LogP contribution in [0.5, 0.6) is 0 Å². The zero-order valence-corrected chi connectivity index (χ0v) is 15.5. The molecule has 5 heteroatoms. The Labute approximate surface area is 159 Å². The number of halogens is 1. The molecule has 0 unspecified atom stereocenters. The first-order valence-electron chi connectivity index (χ1n) is 9.47. The van der Waals surface area contributed by atoms with Gasteiger partial charge < -0.3 is 10.2 Å². The summed E-state index contributed by atoms with van der Waals surface area (Å²) in [6, 6.07) is 16.0. The van der Waals surface area contributed by atoms with E-state index in [0.29, 0.717) is 37.9 Å². The second-order valence-electron chi connectivity index (χ2n) is 6.81. The maximum Gasteiger partial charge on any atom is 0.225 e. The van der Waals surface area contributed by atoms with Gasteiger partial charge in [0.05, 0.1) is 12.0 Å². The molecular formula is C22H25FN2O2. The summed E-state index contributed by atoms with van der Waals surface area (Å²) in [4.78, 5) is 27.0. The van der Waals surface area contributed by atoms with Crippen LogP contribution in [0.2, 0.25) is 0 Å². The predicted octanol–water partition coefficient (Wildman–Crippen LogP) is 3.48. The van der Waals surface area contributed by atoms with E-state index in [1.165, 1.54) is 6.07 Å². The normalized spacial score (nSPS) is 19.8. The maximum atomic E-state index is 13.7. The Bertz CT molecular complexity index is 794. The molecule has 1 aliphatic rings. The van der Waals surface area contributed by atoms with E-state index in [9.17, 15) is 14.0 Å². The lowest BCUT2D eigenvalue weighted by molar-refractivity contribution is -0.143. The summed E-state index contributed by atoms with van der Waals surface area (Å²) in [6.07, 6.45) is 1.35. The lowest BCUT2D eigenvalue weighted by atomic mass is 9.83. The minimum absolute atomic E-state index is 0.0776. The molecule has 2 aromatic carbocycles. The molecule has 142 valence electrons. The number of hydrogen-bond donors (Lipinski definition) is 1. The van der Waals surface area contributed by atoms with Crippen LogP contribution in [0.1, 0.15) is 36.9 Å². The molecule has 4 nitrogen and oxygen atoms in total. The van der Waals surface area contributed by atoms with Gasteiger partial charge in [-0.15, -0.1) is 0 Å². The van der Waals surface area contributed by atoms with Gasteiger partial charge in [-0.2, -0.15) is 0 Å². The summed E-state index contributed by atoms with van der Waals surface area (Å²) in [6.45, 7) is 2.88. The van der Waals surface area contributed by atoms with Crippen molar-refractivity contribution in [1.29, 1.82) is 0 Å². The van der Waals surface area contributed by atoms with Crippen molar-refractivity contribution in [3.05, 3.63) is 71.5 Å². The van der Waals surface area contributed by atoms with Crippen LogP contribution in [0.15, 0.2) is 54.6 Å². The molecule has 1 saturated heterocycles. The summed E-state index contributed by atoms with van der Waals surface area (Å²) in [7, 11) is 0. The van der Waals surface area contributed by atoms with Crippen molar-refractivity contribution >= 4 is 11.8 Å². The summed E-state index contributed by atoms with van der Waals surface area (Å²) in [5.74, 6) is -0.548. The molecule has 1 aliphatic heterocycles. The molecular weight excluding hydrogens is 343 g/mol. The SMILES string of the molecule is CCN1C(=O)CC[C@@H](C(=O)NCCc2ccccc2F)[C@@H]1c1ccccc1. The number of nitrogens with one attached hydrogen (secondary N) is 1. The van der Waals surface area contributed by atoms with E-state index in [1.54, 1.807) is 23.1 Å². The number of hydrogen-bond acceptors (Lipinski definition) is 2. The Balaban J connectivity index is 1.71. The van der Waals surface area contributed by atoms with Crippen molar-refractivity contribution < 1.29 is 14.0 Å². The lowest BCUT2D eigenvalue weighted by Gasteiger charge is -2.40. The van der Waals surface area contributed by atoms with Crippen molar-refractivity contribution in [2.75, 3.05) is 13.1 Å². The van der Waals surface area contributed by atoms with Crippen molar-refractivity contribution in [2.45, 2.75) is 32.2 Å². The van der Waals surface area contributed by atoms with Gasteiger partial charge in [-0.25, -0.2) is 4.39 Å². The minimum atomic E-state index is -0.300. The molecule has 1 heterocycles. The quantitative estimate of drug-likeness (QED) is 0.849. The molecule has 0 radical (unpaired) electrons. The topological polar surface area (TPSA) is 49.4 Å². The van der Waals surface area contributed by atoms with E-state index in [2.05, 4.69) is 5.32 Å². The van der Waals surface area contributed by atoms with Crippen molar-refractivity contribution in [1.82, 2.24) is 10.2 Å². The number of benzene rings is 2. The highest BCUT2D eigenvalue weighted by Gasteiger charge is 2.39. The van der Waals surface area contributed by atoms with Gasteiger partial charge in [-0.05, 0) is 37.0 Å². The van der Waals surface area contributed by atoms with Gasteiger partial charge in [0.25, 0.3) is 0 Å². The molecule has 2 aromatic rings. The van der Waals surface area contributed by atoms with Gasteiger partial charge in [0.2, 0.25) is 11.8 Å². The third-order valence-corrected chi connectivity index (χ3v) is 5.18. The summed E-state index contributed by atoms with van der Waals surface area (Å²) in [5.41, 5.74) is 1.56. The van der Waals surface area contributed by atoms with Gasteiger partial charge in [-0.1, -0.05) is 48.5 Å². The first kappa shape index (κ1) is 19.1. The highest BCUT2D eigenvalue weighted by Crippen LogP contribution is 2.36. The number of rotatable bonds is 6. The number of amides is 2. The van der Waals surface area contributed by atoms with Gasteiger partial charge in [0.15, 0.2) is 0 Å². The maximum absolute atomic E-state index is 13.7. The molecule has 0 bridgehead atoms. The first-order valence-corrected chi connectivity index (χ1v) is 9.47. The van der Waals surface area contributed by atoms with E-state index in [0.717, 1.165) is 5.56 Å². The van der Waals surface area contributed by atoms with Gasteiger partial charge in [0, 0.05) is 19.5 Å². The Kier molecular flexibility index (Phi) is 6.22. The van der Waals surface area contributed by atoms with Crippen molar-refractivity contribution in [3.63, 3.8) is 0 Å². The predicted molar refractivity (Wildman–Crippen MR) is 102 cm³/mol. The molecule has 0 spiro atoms. The average molecular weight is 368 g/mol. The minimum Gasteiger partial charge on any atom is -0.355 e. The van der Waals surface area contributed by atoms with Gasteiger partial charge in [-0.3, -0.25) is 9.59 Å². The smallest absolute Gasteiger partial charge is 0.225 e. The molecule has 0 saturated carbocycles. The molecule has 27 heavy (non-hydrogen) atoms. The molecule has 2 amide bonds. The van der Waals surface area contributed by atoms with Crippen LogP contribution in [0.25, 0.3) is 0 Å². The standard InChI is InChI=1S/C22H25FN2O2/c1-2-25-20(26)13-12-18(21(25)17-9-4-3-5-10-17)22(27)24-15-14-16-8-6-7-11-19(16)23/h3-11,18,21H,2,12-15H2,1H3,(H,24,27)/t18-,21+/m1/s1. The molecule has 3 rings (SSSR count). The largest absolute Gasteiger partial charge is 0.355 e. The van der Waals surface area contributed by atoms with E-state index in [4.69, 9.17) is 0 Å². The highest BCUT2D eigenvalue weighted by molar-refractivity contribution is 5.85. The zero-order chi connectivity index (χ0) is 19.2. The van der Waals surface area contributed by atoms with Crippen LogP contribution in [0.4, 0.5) is 4.39 Å². The van der Waals surface area contributed by atoms with E-state index in [-0.39, 0.29) is 29.6 Å². The van der Waals surface area contributed by atoms with Crippen LogP contribution in [-0.2, 0) is 16.0 Å². The number of piperidine rings is 1. The van der Waals surface area contributed by atoms with Crippen LogP contribution in [0.3, 0.4) is 0 Å². The monoisotopic (exact) mass is 368 g/mol. The van der Waals surface area contributed by atoms with E-state index >= 15 is 0 Å². The molecule has 2 atom stereocenters. The number of nitrogens with zero attached hydrogens (tertiary/aromatic N) is 1. The van der Waals surface area contributed by atoms with Gasteiger partial charge in [0.1, 0.15) is 5.82 Å². The summed E-state index contributed by atoms with van der Waals surface area (Å²) < 4.78 is 13.7. The Hall–Kier alpha value is -2.69. The lowest BCUT2D eigenvalue weighted by Crippen LogP contribution is -2.48. The highest BCUT2D eigenvalue weighted by atomic mass is 19.1. The second kappa shape index (κ2) is 8.80. The van der Waals surface area contributed by atoms with Crippen molar-refractivity contribution in [3.8, 4) is 0 Å². The fourth-order valence-corrected chi connectivity index (χ4v) is 3.82. The molecule has 1 fully saturated rings. The molecule has 1 N–H and O–H groups in total. The van der Waals surface area contributed by atoms with Crippen LogP contribution >= 0.6 is 0 Å². The molecule has 0 aromatic heterocycles. The molecule has 0 aliphatic carbocycles. The number of likely N-dealkylation sites (tertiary alicyclic amines) is 1. The van der Waals surface area contributed by atoms with E-state index in [1.807, 2.05) is 37.3 Å². The Morgan fingerprint density at radius 3 is 2.56 bits per heavy atom. The Morgan fingerprint density at radius 2 is 1.85 bits per heavy atom. The number of carbonyl (C=O) groups is 2. The third-order valence-electron chi connectivity index (χ3n) is 5.18. The van der Waals surface area contributed by atoms with Crippen molar-refractivity contribution in [2.24, 2.45) is 5.92 Å². The third kappa shape index (κ3) is 4.35. The fourth-order valence-electron chi connectivity index (χ4n) is 3.82. The number of carbonyl (C=O) groups excluding carboxylic acids is 2. The van der Waals surface area contributed by atoms with Gasteiger partial charge >= 0.3 is 0 Å². The fraction of sp³-hybridized carbons (Fsp3) is 0.364. The zero-order valence-electron chi connectivity index (χ0n) is 15.5. The van der Waals surface area contributed by atoms with Crippen LogP contribution < -0.4 is 5.32 Å². The van der Waals surface area contributed by atoms with Crippen LogP contribution in [0, 0.1) is 11.7 Å².